The summed E-state index contributed by atoms with van der Waals surface area (Å²) in [5.41, 5.74) is 3.93. The monoisotopic (exact) mass is 280 g/mol. The predicted octanol–water partition coefficient (Wildman–Crippen LogP) is 2.20. The second-order valence-electron chi connectivity index (χ2n) is 5.05. The fraction of sp³-hybridized carbons (Fsp3) is 0.625. The second kappa shape index (κ2) is 9.75. The van der Waals surface area contributed by atoms with E-state index in [-0.39, 0.29) is 0 Å². The van der Waals surface area contributed by atoms with E-state index in [9.17, 15) is 0 Å². The molecule has 0 heterocycles. The Balaban J connectivity index is 2.49. The molecule has 0 aliphatic carbocycles. The van der Waals surface area contributed by atoms with Crippen LogP contribution in [0.15, 0.2) is 18.2 Å². The maximum Gasteiger partial charge on any atom is 0.0587 e. The molecule has 0 spiro atoms. The number of nitrogens with zero attached hydrogens (tertiary/aromatic N) is 1. The van der Waals surface area contributed by atoms with E-state index in [4.69, 9.17) is 9.47 Å². The van der Waals surface area contributed by atoms with E-state index in [1.54, 1.807) is 14.2 Å². The van der Waals surface area contributed by atoms with E-state index in [0.717, 1.165) is 39.3 Å². The summed E-state index contributed by atoms with van der Waals surface area (Å²) in [4.78, 5) is 2.27. The van der Waals surface area contributed by atoms with Crippen molar-refractivity contribution in [2.45, 2.75) is 19.9 Å². The summed E-state index contributed by atoms with van der Waals surface area (Å²) in [5, 5.41) is 3.38. The van der Waals surface area contributed by atoms with Gasteiger partial charge in [0.15, 0.2) is 0 Å². The van der Waals surface area contributed by atoms with Crippen molar-refractivity contribution in [3.8, 4) is 0 Å². The minimum Gasteiger partial charge on any atom is -0.385 e. The van der Waals surface area contributed by atoms with Gasteiger partial charge in [0.2, 0.25) is 0 Å². The maximum absolute atomic E-state index is 5.09. The van der Waals surface area contributed by atoms with E-state index >= 15 is 0 Å². The molecular formula is C16H28N2O2. The smallest absolute Gasteiger partial charge is 0.0587 e. The van der Waals surface area contributed by atoms with Crippen LogP contribution in [0.1, 0.15) is 17.5 Å². The summed E-state index contributed by atoms with van der Waals surface area (Å²) in [6.45, 7) is 6.51. The molecule has 0 fully saturated rings. The lowest BCUT2D eigenvalue weighted by molar-refractivity contribution is 0.196. The molecule has 0 aliphatic rings. The van der Waals surface area contributed by atoms with Crippen molar-refractivity contribution in [2.24, 2.45) is 0 Å². The highest BCUT2D eigenvalue weighted by Gasteiger charge is 2.04. The number of ether oxygens (including phenoxy) is 2. The van der Waals surface area contributed by atoms with Crippen LogP contribution in [0, 0.1) is 6.92 Å². The largest absolute Gasteiger partial charge is 0.385 e. The van der Waals surface area contributed by atoms with Gasteiger partial charge in [-0.15, -0.1) is 0 Å². The van der Waals surface area contributed by atoms with Gasteiger partial charge in [0.1, 0.15) is 0 Å². The Morgan fingerprint density at radius 3 is 2.55 bits per heavy atom. The summed E-state index contributed by atoms with van der Waals surface area (Å²) in [6.07, 6.45) is 1.05. The first-order valence-electron chi connectivity index (χ1n) is 7.18. The highest BCUT2D eigenvalue weighted by atomic mass is 16.5. The predicted molar refractivity (Wildman–Crippen MR) is 84.5 cm³/mol. The Bertz CT molecular complexity index is 383. The van der Waals surface area contributed by atoms with Gasteiger partial charge in [0.25, 0.3) is 0 Å². The van der Waals surface area contributed by atoms with Crippen LogP contribution in [0.3, 0.4) is 0 Å². The molecule has 0 aromatic heterocycles. The molecule has 1 aromatic carbocycles. The Morgan fingerprint density at radius 2 is 1.90 bits per heavy atom. The number of benzene rings is 1. The van der Waals surface area contributed by atoms with Gasteiger partial charge in [-0.1, -0.05) is 6.07 Å². The zero-order chi connectivity index (χ0) is 14.8. The zero-order valence-corrected chi connectivity index (χ0v) is 13.2. The first-order valence-corrected chi connectivity index (χ1v) is 7.18. The van der Waals surface area contributed by atoms with Crippen molar-refractivity contribution in [2.75, 3.05) is 52.5 Å². The molecule has 0 saturated carbocycles. The molecule has 0 saturated heterocycles. The molecule has 1 aromatic rings. The van der Waals surface area contributed by atoms with Crippen molar-refractivity contribution in [1.82, 2.24) is 5.32 Å². The van der Waals surface area contributed by atoms with Crippen molar-refractivity contribution in [1.29, 1.82) is 0 Å². The number of nitrogens with one attached hydrogen (secondary N) is 1. The van der Waals surface area contributed by atoms with Gasteiger partial charge in [0.05, 0.1) is 6.61 Å². The minimum atomic E-state index is 0.749. The van der Waals surface area contributed by atoms with Crippen molar-refractivity contribution >= 4 is 5.69 Å². The van der Waals surface area contributed by atoms with E-state index in [1.165, 1.54) is 16.8 Å². The third kappa shape index (κ3) is 5.90. The fourth-order valence-corrected chi connectivity index (χ4v) is 2.09. The number of aryl methyl sites for hydroxylation is 1. The molecule has 0 atom stereocenters. The Kier molecular flexibility index (Phi) is 8.26. The van der Waals surface area contributed by atoms with Crippen molar-refractivity contribution in [3.05, 3.63) is 29.3 Å². The van der Waals surface area contributed by atoms with Gasteiger partial charge >= 0.3 is 0 Å². The normalized spacial score (nSPS) is 10.8. The average molecular weight is 280 g/mol. The number of hydrogen-bond donors (Lipinski definition) is 1. The topological polar surface area (TPSA) is 33.7 Å². The van der Waals surface area contributed by atoms with Crippen LogP contribution < -0.4 is 10.2 Å². The van der Waals surface area contributed by atoms with Crippen LogP contribution in [0.5, 0.6) is 0 Å². The summed E-state index contributed by atoms with van der Waals surface area (Å²) >= 11 is 0. The van der Waals surface area contributed by atoms with E-state index in [2.05, 4.69) is 42.4 Å². The first kappa shape index (κ1) is 17.0. The molecule has 4 heteroatoms. The van der Waals surface area contributed by atoms with Crippen LogP contribution in [-0.2, 0) is 16.0 Å². The molecule has 114 valence electrons. The van der Waals surface area contributed by atoms with Crippen LogP contribution in [0.2, 0.25) is 0 Å². The molecule has 0 unspecified atom stereocenters. The minimum absolute atomic E-state index is 0.749. The standard InChI is InChI=1S/C16H28N2O2/c1-14-12-16(18(2)9-5-10-19-3)7-6-15(14)13-17-8-11-20-4/h6-7,12,17H,5,8-11,13H2,1-4H3. The van der Waals surface area contributed by atoms with Crippen LogP contribution >= 0.6 is 0 Å². The molecular weight excluding hydrogens is 252 g/mol. The van der Waals surface area contributed by atoms with Crippen molar-refractivity contribution in [3.63, 3.8) is 0 Å². The van der Waals surface area contributed by atoms with E-state index in [1.807, 2.05) is 0 Å². The Hall–Kier alpha value is -1.10. The highest BCUT2D eigenvalue weighted by Crippen LogP contribution is 2.18. The molecule has 0 radical (unpaired) electrons. The molecule has 1 N–H and O–H groups in total. The summed E-state index contributed by atoms with van der Waals surface area (Å²) in [6, 6.07) is 6.64. The third-order valence-corrected chi connectivity index (χ3v) is 3.41. The van der Waals surface area contributed by atoms with E-state index in [0.29, 0.717) is 0 Å². The molecule has 0 bridgehead atoms. The first-order chi connectivity index (χ1) is 9.69. The molecule has 0 aliphatic heterocycles. The number of rotatable bonds is 10. The highest BCUT2D eigenvalue weighted by molar-refractivity contribution is 5.50. The van der Waals surface area contributed by atoms with Gasteiger partial charge in [-0.05, 0) is 36.6 Å². The number of hydrogen-bond acceptors (Lipinski definition) is 4. The van der Waals surface area contributed by atoms with Gasteiger partial charge in [-0.25, -0.2) is 0 Å². The van der Waals surface area contributed by atoms with Crippen LogP contribution in [0.4, 0.5) is 5.69 Å². The zero-order valence-electron chi connectivity index (χ0n) is 13.2. The molecule has 0 amide bonds. The number of methoxy groups -OCH3 is 2. The van der Waals surface area contributed by atoms with Gasteiger partial charge in [-0.3, -0.25) is 0 Å². The number of anilines is 1. The summed E-state index contributed by atoms with van der Waals surface area (Å²) in [7, 11) is 5.59. The average Bonchev–Trinajstić information content (AvgIpc) is 2.45. The second-order valence-corrected chi connectivity index (χ2v) is 5.05. The van der Waals surface area contributed by atoms with Crippen LogP contribution in [-0.4, -0.2) is 47.6 Å². The Labute approximate surface area is 123 Å². The SMILES string of the molecule is COCCCN(C)c1ccc(CNCCOC)c(C)c1. The van der Waals surface area contributed by atoms with E-state index < -0.39 is 0 Å². The Morgan fingerprint density at radius 1 is 1.15 bits per heavy atom. The summed E-state index contributed by atoms with van der Waals surface area (Å²) in [5.74, 6) is 0. The molecule has 4 nitrogen and oxygen atoms in total. The lowest BCUT2D eigenvalue weighted by atomic mass is 10.1. The van der Waals surface area contributed by atoms with Gasteiger partial charge < -0.3 is 19.7 Å². The lowest BCUT2D eigenvalue weighted by Gasteiger charge is -2.20. The quantitative estimate of drug-likeness (QED) is 0.666. The summed E-state index contributed by atoms with van der Waals surface area (Å²) < 4.78 is 10.1. The van der Waals surface area contributed by atoms with Crippen LogP contribution in [0.25, 0.3) is 0 Å². The van der Waals surface area contributed by atoms with Crippen molar-refractivity contribution < 1.29 is 9.47 Å². The lowest BCUT2D eigenvalue weighted by Crippen LogP contribution is -2.21. The third-order valence-electron chi connectivity index (χ3n) is 3.41. The van der Waals surface area contributed by atoms with Gasteiger partial charge in [-0.2, -0.15) is 0 Å². The molecule has 1 rings (SSSR count). The maximum atomic E-state index is 5.09. The molecule has 20 heavy (non-hydrogen) atoms. The van der Waals surface area contributed by atoms with Gasteiger partial charge in [0, 0.05) is 53.2 Å². The fourth-order valence-electron chi connectivity index (χ4n) is 2.09.